The Morgan fingerprint density at radius 2 is 1.42 bits per heavy atom. The van der Waals surface area contributed by atoms with Crippen LogP contribution < -0.4 is 4.57 Å². The number of nitrogens with zero attached hydrogens (tertiary/aromatic N) is 2. The second-order valence-electron chi connectivity index (χ2n) is 18.5. The van der Waals surface area contributed by atoms with Gasteiger partial charge in [0.05, 0.1) is 5.56 Å². The van der Waals surface area contributed by atoms with Crippen molar-refractivity contribution >= 4 is 43.6 Å². The third kappa shape index (κ3) is 5.44. The lowest BCUT2D eigenvalue weighted by Crippen LogP contribution is -2.59. The molecule has 0 radical (unpaired) electrons. The topological polar surface area (TPSA) is 39.1 Å². The summed E-state index contributed by atoms with van der Waals surface area (Å²) in [5.74, 6) is 3.13. The van der Waals surface area contributed by atoms with Gasteiger partial charge in [-0.25, -0.2) is 0 Å². The minimum Gasteiger partial charge on any atom is -0.446 e. The maximum absolute atomic E-state index is 7.74. The van der Waals surface area contributed by atoms with Gasteiger partial charge in [0.25, 0.3) is 0 Å². The Labute approximate surface area is 328 Å². The zero-order chi connectivity index (χ0) is 39.4. The average molecular weight is 734 g/mol. The summed E-state index contributed by atoms with van der Waals surface area (Å²) in [5, 5.41) is 7.11. The van der Waals surface area contributed by atoms with Gasteiger partial charge in [-0.3, -0.25) is 0 Å². The molecule has 4 heterocycles. The minimum atomic E-state index is -0.926. The fourth-order valence-corrected chi connectivity index (χ4v) is 9.83. The Bertz CT molecular complexity index is 2580. The second kappa shape index (κ2) is 13.1. The molecule has 8 rings (SSSR count). The summed E-state index contributed by atoms with van der Waals surface area (Å²) in [4.78, 5) is 5.40. The molecule has 0 bridgehead atoms. The van der Waals surface area contributed by atoms with Crippen LogP contribution in [0.4, 0.5) is 0 Å². The first-order chi connectivity index (χ1) is 26.1. The van der Waals surface area contributed by atoms with Gasteiger partial charge >= 0.3 is 17.3 Å². The Morgan fingerprint density at radius 3 is 2.05 bits per heavy atom. The average Bonchev–Trinajstić information content (AvgIpc) is 3.64. The van der Waals surface area contributed by atoms with E-state index in [0.29, 0.717) is 23.5 Å². The first-order valence-corrected chi connectivity index (χ1v) is 21.0. The zero-order valence-corrected chi connectivity index (χ0v) is 35.6. The van der Waals surface area contributed by atoms with Crippen molar-refractivity contribution in [2.45, 2.75) is 132 Å². The van der Waals surface area contributed by atoms with E-state index in [-0.39, 0.29) is 10.8 Å². The lowest BCUT2D eigenvalue weighted by atomic mass is 9.73. The smallest absolute Gasteiger partial charge is 0.346 e. The van der Waals surface area contributed by atoms with E-state index in [0.717, 1.165) is 64.7 Å². The molecule has 4 heteroatoms. The van der Waals surface area contributed by atoms with E-state index in [1.807, 2.05) is 0 Å². The molecule has 1 atom stereocenters. The van der Waals surface area contributed by atoms with Crippen molar-refractivity contribution in [1.29, 1.82) is 0 Å². The number of ether oxygens (including phenoxy) is 1. The SMILES string of the molecule is CCC(CC)C1=CC2(OC(C(CC)CC)=C1)c1c(cc(C(C)(C)C)c3cc(C)ccc13)-c1c3c(nc(C)[n+]12)oc1c2ccccc2c(C(C)(C)C(C)C)cc13. The van der Waals surface area contributed by atoms with E-state index in [9.17, 15) is 0 Å². The number of hydrogen-bond donors (Lipinski definition) is 0. The van der Waals surface area contributed by atoms with Gasteiger partial charge in [0.15, 0.2) is 5.69 Å². The van der Waals surface area contributed by atoms with Gasteiger partial charge in [0, 0.05) is 35.3 Å². The Morgan fingerprint density at radius 1 is 0.745 bits per heavy atom. The van der Waals surface area contributed by atoms with Crippen molar-refractivity contribution in [3.63, 3.8) is 0 Å². The van der Waals surface area contributed by atoms with Crippen molar-refractivity contribution in [3.05, 3.63) is 106 Å². The van der Waals surface area contributed by atoms with Gasteiger partial charge in [-0.1, -0.05) is 124 Å². The molecule has 2 aromatic heterocycles. The van der Waals surface area contributed by atoms with Crippen molar-refractivity contribution < 1.29 is 13.7 Å². The van der Waals surface area contributed by atoms with Crippen LogP contribution in [-0.2, 0) is 21.3 Å². The highest BCUT2D eigenvalue weighted by Crippen LogP contribution is 2.54. The molecule has 286 valence electrons. The summed E-state index contributed by atoms with van der Waals surface area (Å²) in [7, 11) is 0. The summed E-state index contributed by atoms with van der Waals surface area (Å²) >= 11 is 0. The first-order valence-electron chi connectivity index (χ1n) is 21.0. The predicted octanol–water partition coefficient (Wildman–Crippen LogP) is 13.8. The summed E-state index contributed by atoms with van der Waals surface area (Å²) in [6.07, 6.45) is 9.06. The summed E-state index contributed by atoms with van der Waals surface area (Å²) in [5.41, 5.74) is 9.36. The van der Waals surface area contributed by atoms with Crippen LogP contribution in [-0.4, -0.2) is 4.98 Å². The number of hydrogen-bond acceptors (Lipinski definition) is 3. The fourth-order valence-electron chi connectivity index (χ4n) is 9.83. The highest BCUT2D eigenvalue weighted by atomic mass is 16.5. The highest BCUT2D eigenvalue weighted by Gasteiger charge is 2.55. The Hall–Kier alpha value is -4.44. The summed E-state index contributed by atoms with van der Waals surface area (Å²) in [6, 6.07) is 20.8. The number of allylic oxidation sites excluding steroid dienone is 3. The second-order valence-corrected chi connectivity index (χ2v) is 18.5. The molecule has 1 unspecified atom stereocenters. The molecule has 6 aromatic rings. The number of furan rings is 1. The van der Waals surface area contributed by atoms with E-state index < -0.39 is 5.72 Å². The molecular weight excluding hydrogens is 673 g/mol. The molecule has 1 spiro atoms. The van der Waals surface area contributed by atoms with Gasteiger partial charge in [0.2, 0.25) is 0 Å². The van der Waals surface area contributed by atoms with E-state index >= 15 is 0 Å². The normalized spacial score (nSPS) is 17.3. The maximum Gasteiger partial charge on any atom is 0.346 e. The molecule has 4 aromatic carbocycles. The quantitative estimate of drug-likeness (QED) is 0.146. The predicted molar refractivity (Wildman–Crippen MR) is 231 cm³/mol. The van der Waals surface area contributed by atoms with E-state index in [4.69, 9.17) is 14.1 Å². The summed E-state index contributed by atoms with van der Waals surface area (Å²) in [6.45, 7) is 30.1. The van der Waals surface area contributed by atoms with E-state index in [2.05, 4.69) is 161 Å². The monoisotopic (exact) mass is 733 g/mol. The van der Waals surface area contributed by atoms with Crippen molar-refractivity contribution in [1.82, 2.24) is 4.98 Å². The van der Waals surface area contributed by atoms with E-state index in [1.54, 1.807) is 0 Å². The minimum absolute atomic E-state index is 0.0765. The number of benzene rings is 4. The zero-order valence-electron chi connectivity index (χ0n) is 35.6. The van der Waals surface area contributed by atoms with Crippen molar-refractivity contribution in [2.24, 2.45) is 17.8 Å². The molecule has 0 saturated carbocycles. The van der Waals surface area contributed by atoms with Crippen LogP contribution in [0, 0.1) is 31.6 Å². The lowest BCUT2D eigenvalue weighted by molar-refractivity contribution is -0.773. The van der Waals surface area contributed by atoms with Crippen molar-refractivity contribution in [2.75, 3.05) is 0 Å². The number of aryl methyl sites for hydroxylation is 2. The molecule has 0 amide bonds. The van der Waals surface area contributed by atoms with Crippen LogP contribution in [0.2, 0.25) is 0 Å². The molecule has 55 heavy (non-hydrogen) atoms. The van der Waals surface area contributed by atoms with Crippen LogP contribution in [0.25, 0.3) is 54.9 Å². The molecule has 0 N–H and O–H groups in total. The van der Waals surface area contributed by atoms with Gasteiger partial charge in [-0.2, -0.15) is 4.57 Å². The highest BCUT2D eigenvalue weighted by molar-refractivity contribution is 6.19. The lowest BCUT2D eigenvalue weighted by Gasteiger charge is -2.36. The number of aromatic nitrogens is 2. The van der Waals surface area contributed by atoms with Crippen LogP contribution in [0.5, 0.6) is 0 Å². The molecule has 4 nitrogen and oxygen atoms in total. The maximum atomic E-state index is 7.74. The van der Waals surface area contributed by atoms with Crippen molar-refractivity contribution in [3.8, 4) is 11.3 Å². The van der Waals surface area contributed by atoms with Gasteiger partial charge in [-0.15, -0.1) is 0 Å². The molecule has 2 aliphatic heterocycles. The number of fused-ring (bicyclic) bond motifs is 13. The van der Waals surface area contributed by atoms with Gasteiger partial charge in [0.1, 0.15) is 16.7 Å². The Balaban J connectivity index is 1.62. The van der Waals surface area contributed by atoms with Crippen LogP contribution in [0.15, 0.2) is 82.5 Å². The first kappa shape index (κ1) is 37.5. The van der Waals surface area contributed by atoms with Crippen LogP contribution in [0.1, 0.15) is 130 Å². The number of rotatable bonds is 8. The van der Waals surface area contributed by atoms with Gasteiger partial charge in [-0.05, 0) is 111 Å². The molecule has 0 aliphatic carbocycles. The summed E-state index contributed by atoms with van der Waals surface area (Å²) < 4.78 is 17.2. The third-order valence-electron chi connectivity index (χ3n) is 13.7. The molecule has 0 saturated heterocycles. The molecular formula is C51H61N2O2+. The van der Waals surface area contributed by atoms with Crippen LogP contribution in [0.3, 0.4) is 0 Å². The molecule has 0 fully saturated rings. The van der Waals surface area contributed by atoms with Crippen LogP contribution >= 0.6 is 0 Å². The largest absolute Gasteiger partial charge is 0.446 e. The fraction of sp³-hybridized carbons (Fsp3) is 0.451. The standard InChI is InChI=1S/C51H61N2O2/c1-14-32(15-2)34-25-43(33(16-3)17-4)55-51(28-34)45-36-23-22-30(7)24-38(36)41(49(9,10)11)27-40(45)46-44-39-26-42(50(12,13)29(5)6)35-20-18-19-21-37(35)47(39)54-48(44)52-31(8)53(46)51/h18-29,32-33H,14-17H2,1-13H3/q+1. The van der Waals surface area contributed by atoms with Gasteiger partial charge < -0.3 is 9.15 Å². The van der Waals surface area contributed by atoms with E-state index in [1.165, 1.54) is 49.5 Å². The molecule has 2 aliphatic rings. The third-order valence-corrected chi connectivity index (χ3v) is 13.7. The Kier molecular flexibility index (Phi) is 8.91.